The van der Waals surface area contributed by atoms with Crippen LogP contribution in [0.1, 0.15) is 49.4 Å². The fourth-order valence-electron chi connectivity index (χ4n) is 4.78. The third kappa shape index (κ3) is 5.98. The lowest BCUT2D eigenvalue weighted by Crippen LogP contribution is -2.25. The highest BCUT2D eigenvalue weighted by molar-refractivity contribution is 5.92. The van der Waals surface area contributed by atoms with Crippen LogP contribution in [0, 0.1) is 5.82 Å². The number of ether oxygens (including phenoxy) is 2. The van der Waals surface area contributed by atoms with E-state index in [4.69, 9.17) is 14.5 Å². The van der Waals surface area contributed by atoms with Crippen molar-refractivity contribution in [3.05, 3.63) is 94.3 Å². The van der Waals surface area contributed by atoms with Crippen molar-refractivity contribution in [3.8, 4) is 11.5 Å². The van der Waals surface area contributed by atoms with Gasteiger partial charge >= 0.3 is 0 Å². The molecule has 0 aliphatic heterocycles. The fraction of sp³-hybridized carbons (Fsp3) is 0.267. The minimum atomic E-state index is -0.528. The number of para-hydroxylation sites is 2. The van der Waals surface area contributed by atoms with E-state index in [2.05, 4.69) is 10.4 Å². The molecule has 9 heteroatoms. The van der Waals surface area contributed by atoms with E-state index in [0.717, 1.165) is 25.7 Å². The molecular formula is C30H29FN4O4. The van der Waals surface area contributed by atoms with Crippen molar-refractivity contribution in [2.75, 3.05) is 19.0 Å². The second-order valence-electron chi connectivity index (χ2n) is 9.41. The van der Waals surface area contributed by atoms with Crippen LogP contribution in [0.5, 0.6) is 11.5 Å². The molecule has 1 aliphatic rings. The van der Waals surface area contributed by atoms with E-state index in [0.29, 0.717) is 33.8 Å². The molecule has 0 saturated heterocycles. The highest BCUT2D eigenvalue weighted by atomic mass is 19.1. The largest absolute Gasteiger partial charge is 0.493 e. The first kappa shape index (κ1) is 26.1. The Bertz CT molecular complexity index is 1580. The molecule has 0 atom stereocenters. The summed E-state index contributed by atoms with van der Waals surface area (Å²) >= 11 is 0. The number of nitrogens with one attached hydrogen (secondary N) is 1. The predicted molar refractivity (Wildman–Crippen MR) is 148 cm³/mol. The first-order valence-electron chi connectivity index (χ1n) is 12.9. The van der Waals surface area contributed by atoms with Gasteiger partial charge < -0.3 is 14.8 Å². The van der Waals surface area contributed by atoms with Crippen molar-refractivity contribution < 1.29 is 18.7 Å². The number of anilines is 1. The van der Waals surface area contributed by atoms with Crippen molar-refractivity contribution in [2.24, 2.45) is 5.10 Å². The van der Waals surface area contributed by atoms with Crippen LogP contribution < -0.4 is 20.3 Å². The van der Waals surface area contributed by atoms with Gasteiger partial charge in [0.1, 0.15) is 11.6 Å². The molecule has 1 N–H and O–H groups in total. The van der Waals surface area contributed by atoms with Crippen molar-refractivity contribution >= 4 is 28.7 Å². The summed E-state index contributed by atoms with van der Waals surface area (Å²) in [4.78, 5) is 30.5. The van der Waals surface area contributed by atoms with Gasteiger partial charge in [0, 0.05) is 5.92 Å². The number of fused-ring (bicyclic) bond motifs is 1. The van der Waals surface area contributed by atoms with E-state index >= 15 is 0 Å². The van der Waals surface area contributed by atoms with Crippen LogP contribution in [0.3, 0.4) is 0 Å². The molecule has 1 saturated carbocycles. The maximum absolute atomic E-state index is 13.8. The third-order valence-corrected chi connectivity index (χ3v) is 6.77. The average Bonchev–Trinajstić information content (AvgIpc) is 2.97. The minimum absolute atomic E-state index is 0.0793. The molecule has 1 aliphatic carbocycles. The number of aromatic nitrogens is 2. The standard InChI is InChI=1S/C30H29FN4O4/c1-38-27-17-20(15-16-26(27)39-19-28(36)33-25-14-8-6-12-23(25)31)18-32-35-29(21-9-3-2-4-10-21)34-24-13-7-5-11-22(24)30(35)37/h5-8,11-18,21H,2-4,9-10,19H2,1H3,(H,33,36). The molecule has 1 heterocycles. The van der Waals surface area contributed by atoms with Gasteiger partial charge in [0.05, 0.1) is 29.9 Å². The van der Waals surface area contributed by atoms with Gasteiger partial charge in [-0.2, -0.15) is 9.78 Å². The number of benzene rings is 3. The predicted octanol–water partition coefficient (Wildman–Crippen LogP) is 5.49. The number of rotatable bonds is 8. The zero-order valence-corrected chi connectivity index (χ0v) is 21.6. The Labute approximate surface area is 225 Å². The van der Waals surface area contributed by atoms with Crippen molar-refractivity contribution in [1.29, 1.82) is 0 Å². The maximum atomic E-state index is 13.8. The molecule has 1 aromatic heterocycles. The van der Waals surface area contributed by atoms with Gasteiger partial charge in [0.15, 0.2) is 18.1 Å². The van der Waals surface area contributed by atoms with Gasteiger partial charge in [-0.25, -0.2) is 9.37 Å². The van der Waals surface area contributed by atoms with Crippen molar-refractivity contribution in [1.82, 2.24) is 9.66 Å². The quantitative estimate of drug-likeness (QED) is 0.305. The van der Waals surface area contributed by atoms with Crippen LogP contribution in [0.15, 0.2) is 76.6 Å². The normalized spacial score (nSPS) is 14.0. The molecule has 1 fully saturated rings. The topological polar surface area (TPSA) is 94.8 Å². The molecular weight excluding hydrogens is 499 g/mol. The van der Waals surface area contributed by atoms with Gasteiger partial charge in [0.25, 0.3) is 11.5 Å². The number of hydrogen-bond donors (Lipinski definition) is 1. The Kier molecular flexibility index (Phi) is 7.96. The summed E-state index contributed by atoms with van der Waals surface area (Å²) < 4.78 is 26.3. The Morgan fingerprint density at radius 1 is 1.08 bits per heavy atom. The number of methoxy groups -OCH3 is 1. The molecule has 0 spiro atoms. The smallest absolute Gasteiger partial charge is 0.282 e. The summed E-state index contributed by atoms with van der Waals surface area (Å²) in [5.41, 5.74) is 1.22. The SMILES string of the molecule is COc1cc(C=Nn2c(C3CCCCC3)nc3ccccc3c2=O)ccc1OCC(=O)Nc1ccccc1F. The lowest BCUT2D eigenvalue weighted by Gasteiger charge is -2.22. The fourth-order valence-corrected chi connectivity index (χ4v) is 4.78. The molecule has 0 radical (unpaired) electrons. The monoisotopic (exact) mass is 528 g/mol. The molecule has 5 rings (SSSR count). The second-order valence-corrected chi connectivity index (χ2v) is 9.41. The maximum Gasteiger partial charge on any atom is 0.282 e. The van der Waals surface area contributed by atoms with E-state index in [9.17, 15) is 14.0 Å². The molecule has 4 aromatic rings. The molecule has 200 valence electrons. The number of amides is 1. The van der Waals surface area contributed by atoms with Crippen LogP contribution in [0.4, 0.5) is 10.1 Å². The summed E-state index contributed by atoms with van der Waals surface area (Å²) in [6, 6.07) is 18.3. The summed E-state index contributed by atoms with van der Waals surface area (Å²) in [7, 11) is 1.49. The van der Waals surface area contributed by atoms with Gasteiger partial charge in [0.2, 0.25) is 0 Å². The number of nitrogens with zero attached hydrogens (tertiary/aromatic N) is 3. The summed E-state index contributed by atoms with van der Waals surface area (Å²) in [6.07, 6.45) is 6.94. The summed E-state index contributed by atoms with van der Waals surface area (Å²) in [5.74, 6) is 0.544. The van der Waals surface area contributed by atoms with Gasteiger partial charge in [-0.15, -0.1) is 0 Å². The van der Waals surface area contributed by atoms with Gasteiger partial charge in [-0.1, -0.05) is 43.5 Å². The lowest BCUT2D eigenvalue weighted by atomic mass is 9.88. The van der Waals surface area contributed by atoms with Crippen LogP contribution in [-0.4, -0.2) is 35.5 Å². The van der Waals surface area contributed by atoms with Crippen LogP contribution in [0.2, 0.25) is 0 Å². The summed E-state index contributed by atoms with van der Waals surface area (Å²) in [5, 5.41) is 7.55. The van der Waals surface area contributed by atoms with Crippen LogP contribution >= 0.6 is 0 Å². The molecule has 1 amide bonds. The highest BCUT2D eigenvalue weighted by Gasteiger charge is 2.22. The van der Waals surface area contributed by atoms with Gasteiger partial charge in [-0.3, -0.25) is 9.59 Å². The first-order chi connectivity index (χ1) is 19.0. The van der Waals surface area contributed by atoms with Crippen LogP contribution in [-0.2, 0) is 4.79 Å². The Balaban J connectivity index is 1.36. The van der Waals surface area contributed by atoms with E-state index in [1.54, 1.807) is 42.6 Å². The molecule has 0 unspecified atom stereocenters. The highest BCUT2D eigenvalue weighted by Crippen LogP contribution is 2.32. The zero-order chi connectivity index (χ0) is 27.2. The number of hydrogen-bond acceptors (Lipinski definition) is 6. The molecule has 3 aromatic carbocycles. The van der Waals surface area contributed by atoms with E-state index in [-0.39, 0.29) is 23.8 Å². The van der Waals surface area contributed by atoms with Crippen molar-refractivity contribution in [2.45, 2.75) is 38.0 Å². The molecule has 8 nitrogen and oxygen atoms in total. The zero-order valence-electron chi connectivity index (χ0n) is 21.6. The number of halogens is 1. The minimum Gasteiger partial charge on any atom is -0.493 e. The van der Waals surface area contributed by atoms with Crippen LogP contribution in [0.25, 0.3) is 10.9 Å². The average molecular weight is 529 g/mol. The lowest BCUT2D eigenvalue weighted by molar-refractivity contribution is -0.118. The van der Waals surface area contributed by atoms with Gasteiger partial charge in [-0.05, 0) is 60.9 Å². The number of carbonyl (C=O) groups excluding carboxylic acids is 1. The molecule has 0 bridgehead atoms. The van der Waals surface area contributed by atoms with E-state index in [1.807, 2.05) is 18.2 Å². The van der Waals surface area contributed by atoms with E-state index < -0.39 is 11.7 Å². The second kappa shape index (κ2) is 11.9. The van der Waals surface area contributed by atoms with E-state index in [1.165, 1.54) is 30.3 Å². The Morgan fingerprint density at radius 2 is 1.85 bits per heavy atom. The third-order valence-electron chi connectivity index (χ3n) is 6.77. The number of carbonyl (C=O) groups is 1. The Morgan fingerprint density at radius 3 is 2.64 bits per heavy atom. The summed E-state index contributed by atoms with van der Waals surface area (Å²) in [6.45, 7) is -0.332. The molecule has 39 heavy (non-hydrogen) atoms. The Hall–Kier alpha value is -4.53. The van der Waals surface area contributed by atoms with Crippen molar-refractivity contribution in [3.63, 3.8) is 0 Å². The first-order valence-corrected chi connectivity index (χ1v) is 12.9.